The number of Topliss-reactive ketones (excluding diaryl/α,β-unsaturated/α-hetero) is 1. The van der Waals surface area contributed by atoms with Crippen LogP contribution < -0.4 is 5.32 Å². The molecule has 2 saturated carbocycles. The first kappa shape index (κ1) is 19.6. The Morgan fingerprint density at radius 1 is 1.07 bits per heavy atom. The second-order valence-electron chi connectivity index (χ2n) is 8.36. The van der Waals surface area contributed by atoms with Crippen molar-refractivity contribution in [3.8, 4) is 0 Å². The minimum Gasteiger partial charge on any atom is -0.455 e. The standard InChI is InChI=1S/C24H27NO4/c1-15(20-11-5-7-16-6-2-3-10-21(16)20)25-22(26)14-29-24(28)19-12-17-8-4-9-18(13-19)23(17)27/h2-3,5-7,10-11,15,17-19H,4,8-9,12-14H2,1H3,(H,25,26)/t15-,17-,18+,19?/m1/s1. The number of ether oxygens (including phenoxy) is 1. The lowest BCUT2D eigenvalue weighted by molar-refractivity contribution is -0.156. The van der Waals surface area contributed by atoms with Gasteiger partial charge in [-0.2, -0.15) is 0 Å². The maximum absolute atomic E-state index is 12.5. The monoisotopic (exact) mass is 393 g/mol. The summed E-state index contributed by atoms with van der Waals surface area (Å²) in [5.41, 5.74) is 1.03. The van der Waals surface area contributed by atoms with E-state index in [1.165, 1.54) is 0 Å². The Morgan fingerprint density at radius 2 is 1.76 bits per heavy atom. The van der Waals surface area contributed by atoms with Crippen LogP contribution in [0.1, 0.15) is 50.6 Å². The topological polar surface area (TPSA) is 72.5 Å². The zero-order valence-electron chi connectivity index (χ0n) is 16.7. The maximum Gasteiger partial charge on any atom is 0.309 e. The van der Waals surface area contributed by atoms with Crippen LogP contribution in [-0.4, -0.2) is 24.3 Å². The number of carbonyl (C=O) groups excluding carboxylic acids is 3. The highest BCUT2D eigenvalue weighted by atomic mass is 16.5. The van der Waals surface area contributed by atoms with Crippen molar-refractivity contribution in [1.29, 1.82) is 0 Å². The Hall–Kier alpha value is -2.69. The lowest BCUT2D eigenvalue weighted by atomic mass is 9.67. The van der Waals surface area contributed by atoms with E-state index in [9.17, 15) is 14.4 Å². The Morgan fingerprint density at radius 3 is 2.52 bits per heavy atom. The highest BCUT2D eigenvalue weighted by Crippen LogP contribution is 2.40. The average Bonchev–Trinajstić information content (AvgIpc) is 2.71. The van der Waals surface area contributed by atoms with Gasteiger partial charge in [0.05, 0.1) is 12.0 Å². The Balaban J connectivity index is 1.32. The van der Waals surface area contributed by atoms with Gasteiger partial charge in [0.1, 0.15) is 5.78 Å². The molecule has 152 valence electrons. The molecule has 5 nitrogen and oxygen atoms in total. The summed E-state index contributed by atoms with van der Waals surface area (Å²) in [4.78, 5) is 37.0. The lowest BCUT2D eigenvalue weighted by Gasteiger charge is -2.36. The number of rotatable bonds is 5. The number of fused-ring (bicyclic) bond motifs is 3. The van der Waals surface area contributed by atoms with E-state index in [4.69, 9.17) is 4.74 Å². The van der Waals surface area contributed by atoms with Crippen LogP contribution in [0.5, 0.6) is 0 Å². The van der Waals surface area contributed by atoms with Gasteiger partial charge in [-0.25, -0.2) is 0 Å². The van der Waals surface area contributed by atoms with Gasteiger partial charge in [0.15, 0.2) is 6.61 Å². The zero-order chi connectivity index (χ0) is 20.4. The number of ketones is 1. The first-order valence-electron chi connectivity index (χ1n) is 10.5. The molecule has 1 unspecified atom stereocenters. The van der Waals surface area contributed by atoms with E-state index in [0.717, 1.165) is 35.6 Å². The molecule has 2 fully saturated rings. The van der Waals surface area contributed by atoms with Crippen molar-refractivity contribution >= 4 is 28.4 Å². The van der Waals surface area contributed by atoms with Crippen LogP contribution in [0.2, 0.25) is 0 Å². The summed E-state index contributed by atoms with van der Waals surface area (Å²) in [6.45, 7) is 1.64. The Kier molecular flexibility index (Phi) is 5.65. The molecule has 5 heteroatoms. The van der Waals surface area contributed by atoms with Crippen LogP contribution in [0.4, 0.5) is 0 Å². The van der Waals surface area contributed by atoms with Gasteiger partial charge >= 0.3 is 5.97 Å². The molecule has 29 heavy (non-hydrogen) atoms. The van der Waals surface area contributed by atoms with Crippen molar-refractivity contribution in [1.82, 2.24) is 5.32 Å². The van der Waals surface area contributed by atoms with Gasteiger partial charge < -0.3 is 10.1 Å². The van der Waals surface area contributed by atoms with Crippen molar-refractivity contribution in [2.24, 2.45) is 17.8 Å². The number of hydrogen-bond acceptors (Lipinski definition) is 4. The maximum atomic E-state index is 12.5. The molecule has 1 amide bonds. The van der Waals surface area contributed by atoms with E-state index in [1.54, 1.807) is 0 Å². The molecular formula is C24H27NO4. The van der Waals surface area contributed by atoms with Crippen LogP contribution in [0.3, 0.4) is 0 Å². The first-order chi connectivity index (χ1) is 14.0. The van der Waals surface area contributed by atoms with E-state index in [0.29, 0.717) is 18.6 Å². The largest absolute Gasteiger partial charge is 0.455 e. The van der Waals surface area contributed by atoms with Crippen molar-refractivity contribution in [3.05, 3.63) is 48.0 Å². The third-order valence-corrected chi connectivity index (χ3v) is 6.39. The second kappa shape index (κ2) is 8.36. The number of nitrogens with one attached hydrogen (secondary N) is 1. The molecule has 0 spiro atoms. The summed E-state index contributed by atoms with van der Waals surface area (Å²) in [7, 11) is 0. The predicted molar refractivity (Wildman–Crippen MR) is 110 cm³/mol. The van der Waals surface area contributed by atoms with Gasteiger partial charge in [-0.05, 0) is 48.9 Å². The molecule has 2 aromatic carbocycles. The van der Waals surface area contributed by atoms with Gasteiger partial charge in [0.25, 0.3) is 5.91 Å². The number of amides is 1. The minimum atomic E-state index is -0.345. The van der Waals surface area contributed by atoms with Crippen molar-refractivity contribution < 1.29 is 19.1 Å². The summed E-state index contributed by atoms with van der Waals surface area (Å²) in [5, 5.41) is 5.14. The fraction of sp³-hybridized carbons (Fsp3) is 0.458. The molecule has 4 atom stereocenters. The molecule has 0 heterocycles. The van der Waals surface area contributed by atoms with E-state index in [-0.39, 0.29) is 42.3 Å². The molecule has 0 aromatic heterocycles. The fourth-order valence-corrected chi connectivity index (χ4v) is 4.92. The summed E-state index contributed by atoms with van der Waals surface area (Å²) < 4.78 is 5.31. The van der Waals surface area contributed by atoms with Gasteiger partial charge in [-0.3, -0.25) is 14.4 Å². The normalized spacial score (nSPS) is 24.7. The van der Waals surface area contributed by atoms with E-state index in [1.807, 2.05) is 49.4 Å². The molecule has 2 aliphatic carbocycles. The zero-order valence-corrected chi connectivity index (χ0v) is 16.7. The molecule has 0 radical (unpaired) electrons. The second-order valence-corrected chi connectivity index (χ2v) is 8.36. The molecule has 2 aliphatic rings. The fourth-order valence-electron chi connectivity index (χ4n) is 4.92. The quantitative estimate of drug-likeness (QED) is 0.781. The molecule has 1 N–H and O–H groups in total. The smallest absolute Gasteiger partial charge is 0.309 e. The van der Waals surface area contributed by atoms with Gasteiger partial charge in [0.2, 0.25) is 0 Å². The number of benzene rings is 2. The van der Waals surface area contributed by atoms with Crippen LogP contribution >= 0.6 is 0 Å². The molecule has 2 aromatic rings. The van der Waals surface area contributed by atoms with E-state index >= 15 is 0 Å². The van der Waals surface area contributed by atoms with Crippen molar-refractivity contribution in [2.45, 2.75) is 45.1 Å². The average molecular weight is 393 g/mol. The SMILES string of the molecule is C[C@@H](NC(=O)COC(=O)C1C[C@H]2CCC[C@@H](C1)C2=O)c1cccc2ccccc12. The molecule has 2 bridgehead atoms. The summed E-state index contributed by atoms with van der Waals surface area (Å²) >= 11 is 0. The van der Waals surface area contributed by atoms with Gasteiger partial charge in [-0.1, -0.05) is 48.9 Å². The third kappa shape index (κ3) is 4.19. The number of esters is 1. The number of hydrogen-bond donors (Lipinski definition) is 1. The minimum absolute atomic E-state index is 0.000241. The number of carbonyl (C=O) groups is 3. The van der Waals surface area contributed by atoms with Gasteiger partial charge in [-0.15, -0.1) is 0 Å². The van der Waals surface area contributed by atoms with Gasteiger partial charge in [0, 0.05) is 11.8 Å². The molecular weight excluding hydrogens is 366 g/mol. The molecule has 0 aliphatic heterocycles. The Bertz CT molecular complexity index is 916. The first-order valence-corrected chi connectivity index (χ1v) is 10.5. The van der Waals surface area contributed by atoms with Crippen LogP contribution in [-0.2, 0) is 19.1 Å². The Labute approximate surface area is 170 Å². The highest BCUT2D eigenvalue weighted by molar-refractivity contribution is 5.89. The summed E-state index contributed by atoms with van der Waals surface area (Å²) in [6.07, 6.45) is 3.96. The predicted octanol–water partition coefficient (Wildman–Crippen LogP) is 3.96. The van der Waals surface area contributed by atoms with Crippen LogP contribution in [0.15, 0.2) is 42.5 Å². The van der Waals surface area contributed by atoms with E-state index < -0.39 is 0 Å². The molecule has 0 saturated heterocycles. The third-order valence-electron chi connectivity index (χ3n) is 6.39. The van der Waals surface area contributed by atoms with Crippen LogP contribution in [0, 0.1) is 17.8 Å². The summed E-state index contributed by atoms with van der Waals surface area (Å²) in [6, 6.07) is 13.9. The molecule has 4 rings (SSSR count). The van der Waals surface area contributed by atoms with E-state index in [2.05, 4.69) is 5.32 Å². The highest BCUT2D eigenvalue weighted by Gasteiger charge is 2.41. The van der Waals surface area contributed by atoms with Crippen molar-refractivity contribution in [2.75, 3.05) is 6.61 Å². The van der Waals surface area contributed by atoms with Crippen molar-refractivity contribution in [3.63, 3.8) is 0 Å². The van der Waals surface area contributed by atoms with Crippen LogP contribution in [0.25, 0.3) is 10.8 Å². The lowest BCUT2D eigenvalue weighted by Crippen LogP contribution is -2.40. The summed E-state index contributed by atoms with van der Waals surface area (Å²) in [5.74, 6) is -0.595.